The molecule has 0 unspecified atom stereocenters. The quantitative estimate of drug-likeness (QED) is 0.671. The van der Waals surface area contributed by atoms with E-state index in [-0.39, 0.29) is 0 Å². The zero-order chi connectivity index (χ0) is 10.7. The first-order valence-electron chi connectivity index (χ1n) is 5.35. The van der Waals surface area contributed by atoms with E-state index < -0.39 is 0 Å². The normalized spacial score (nSPS) is 10.6. The Kier molecular flexibility index (Phi) is 2.86. The summed E-state index contributed by atoms with van der Waals surface area (Å²) in [5, 5.41) is 0. The molecule has 0 spiro atoms. The summed E-state index contributed by atoms with van der Waals surface area (Å²) in [6.07, 6.45) is 0. The summed E-state index contributed by atoms with van der Waals surface area (Å²) in [6.45, 7) is 4.45. The van der Waals surface area contributed by atoms with E-state index in [4.69, 9.17) is 0 Å². The highest BCUT2D eigenvalue weighted by Crippen LogP contribution is 2.28. The summed E-state index contributed by atoms with van der Waals surface area (Å²) in [7, 11) is 0. The second kappa shape index (κ2) is 4.31. The van der Waals surface area contributed by atoms with E-state index in [0.717, 1.165) is 0 Å². The minimum absolute atomic E-state index is 0.551. The maximum atomic E-state index is 3.28. The van der Waals surface area contributed by atoms with Crippen LogP contribution in [0.2, 0.25) is 0 Å². The van der Waals surface area contributed by atoms with Gasteiger partial charge in [0.05, 0.1) is 0 Å². The van der Waals surface area contributed by atoms with Gasteiger partial charge in [-0.2, -0.15) is 0 Å². The summed E-state index contributed by atoms with van der Waals surface area (Å²) in [6, 6.07) is 20.0. The van der Waals surface area contributed by atoms with Crippen LogP contribution in [0.15, 0.2) is 48.5 Å². The van der Waals surface area contributed by atoms with Crippen molar-refractivity contribution in [2.75, 3.05) is 0 Å². The van der Waals surface area contributed by atoms with Gasteiger partial charge < -0.3 is 0 Å². The summed E-state index contributed by atoms with van der Waals surface area (Å²) >= 11 is 0. The molecule has 0 fully saturated rings. The second-order valence-corrected chi connectivity index (χ2v) is 4.02. The van der Waals surface area contributed by atoms with Crippen LogP contribution in [0.1, 0.15) is 25.3 Å². The zero-order valence-electron chi connectivity index (χ0n) is 9.20. The van der Waals surface area contributed by atoms with E-state index in [9.17, 15) is 0 Å². The molecule has 0 aliphatic heterocycles. The molecule has 0 nitrogen and oxygen atoms in total. The van der Waals surface area contributed by atoms with Crippen molar-refractivity contribution in [1.82, 2.24) is 0 Å². The molecule has 2 aromatic carbocycles. The van der Waals surface area contributed by atoms with Crippen LogP contribution < -0.4 is 0 Å². The Balaban J connectivity index is 2.53. The van der Waals surface area contributed by atoms with Gasteiger partial charge in [-0.05, 0) is 28.7 Å². The maximum absolute atomic E-state index is 3.28. The van der Waals surface area contributed by atoms with Gasteiger partial charge in [0, 0.05) is 0 Å². The van der Waals surface area contributed by atoms with E-state index >= 15 is 0 Å². The number of hydrogen-bond acceptors (Lipinski definition) is 0. The molecule has 0 atom stereocenters. The van der Waals surface area contributed by atoms with E-state index in [1.807, 2.05) is 12.1 Å². The molecule has 1 radical (unpaired) electrons. The van der Waals surface area contributed by atoms with Crippen molar-refractivity contribution in [3.05, 3.63) is 60.2 Å². The predicted octanol–water partition coefficient (Wildman–Crippen LogP) is 4.28. The average molecular weight is 195 g/mol. The van der Waals surface area contributed by atoms with Crippen LogP contribution in [-0.2, 0) is 0 Å². The molecule has 0 aliphatic rings. The summed E-state index contributed by atoms with van der Waals surface area (Å²) in [5.41, 5.74) is 3.87. The number of rotatable bonds is 2. The lowest BCUT2D eigenvalue weighted by molar-refractivity contribution is 0.869. The van der Waals surface area contributed by atoms with E-state index in [1.165, 1.54) is 16.7 Å². The molecule has 0 saturated carbocycles. The average Bonchev–Trinajstić information content (AvgIpc) is 2.30. The SMILES string of the molecule is CC(C)c1ccccc1-c1[c]cccc1. The van der Waals surface area contributed by atoms with Crippen LogP contribution in [0.25, 0.3) is 11.1 Å². The molecule has 75 valence electrons. The zero-order valence-corrected chi connectivity index (χ0v) is 9.20. The van der Waals surface area contributed by atoms with Crippen molar-refractivity contribution in [2.24, 2.45) is 0 Å². The van der Waals surface area contributed by atoms with Gasteiger partial charge in [-0.3, -0.25) is 0 Å². The maximum Gasteiger partial charge on any atom is -0.00991 e. The molecule has 15 heavy (non-hydrogen) atoms. The van der Waals surface area contributed by atoms with Gasteiger partial charge in [0.1, 0.15) is 0 Å². The Morgan fingerprint density at radius 3 is 2.33 bits per heavy atom. The number of benzene rings is 2. The highest BCUT2D eigenvalue weighted by atomic mass is 14.1. The fourth-order valence-electron chi connectivity index (χ4n) is 1.81. The van der Waals surface area contributed by atoms with Crippen molar-refractivity contribution in [3.63, 3.8) is 0 Å². The number of hydrogen-bond donors (Lipinski definition) is 0. The van der Waals surface area contributed by atoms with Crippen LogP contribution in [0.4, 0.5) is 0 Å². The predicted molar refractivity (Wildman–Crippen MR) is 64.8 cm³/mol. The fourth-order valence-corrected chi connectivity index (χ4v) is 1.81. The third-order valence-electron chi connectivity index (χ3n) is 2.58. The lowest BCUT2D eigenvalue weighted by Crippen LogP contribution is -1.91. The summed E-state index contributed by atoms with van der Waals surface area (Å²) < 4.78 is 0. The largest absolute Gasteiger partial charge is 0.0619 e. The van der Waals surface area contributed by atoms with Gasteiger partial charge in [-0.15, -0.1) is 0 Å². The van der Waals surface area contributed by atoms with Crippen LogP contribution in [0.3, 0.4) is 0 Å². The van der Waals surface area contributed by atoms with Gasteiger partial charge in [-0.1, -0.05) is 62.4 Å². The highest BCUT2D eigenvalue weighted by Gasteiger charge is 2.06. The van der Waals surface area contributed by atoms with Gasteiger partial charge >= 0.3 is 0 Å². The Morgan fingerprint density at radius 2 is 1.67 bits per heavy atom. The standard InChI is InChI=1S/C15H15/c1-12(2)14-10-6-7-11-15(14)13-8-4-3-5-9-13/h3-8,10-12H,1-2H3. The topological polar surface area (TPSA) is 0 Å². The molecule has 0 saturated heterocycles. The van der Waals surface area contributed by atoms with Crippen LogP contribution in [-0.4, -0.2) is 0 Å². The van der Waals surface area contributed by atoms with Crippen molar-refractivity contribution >= 4 is 0 Å². The van der Waals surface area contributed by atoms with E-state index in [0.29, 0.717) is 5.92 Å². The van der Waals surface area contributed by atoms with Crippen LogP contribution in [0.5, 0.6) is 0 Å². The molecule has 0 N–H and O–H groups in total. The lowest BCUT2D eigenvalue weighted by Gasteiger charge is -2.12. The molecule has 0 bridgehead atoms. The van der Waals surface area contributed by atoms with Crippen LogP contribution in [0, 0.1) is 6.07 Å². The lowest BCUT2D eigenvalue weighted by atomic mass is 9.93. The van der Waals surface area contributed by atoms with Gasteiger partial charge in [0.25, 0.3) is 0 Å². The van der Waals surface area contributed by atoms with Gasteiger partial charge in [0.15, 0.2) is 0 Å². The van der Waals surface area contributed by atoms with Crippen molar-refractivity contribution in [1.29, 1.82) is 0 Å². The first-order chi connectivity index (χ1) is 7.29. The van der Waals surface area contributed by atoms with E-state index in [1.54, 1.807) is 0 Å². The Bertz CT molecular complexity index is 427. The van der Waals surface area contributed by atoms with Crippen LogP contribution >= 0.6 is 0 Å². The summed E-state index contributed by atoms with van der Waals surface area (Å²) in [5.74, 6) is 0.551. The van der Waals surface area contributed by atoms with Gasteiger partial charge in [-0.25, -0.2) is 0 Å². The summed E-state index contributed by atoms with van der Waals surface area (Å²) in [4.78, 5) is 0. The molecule has 2 rings (SSSR count). The molecular formula is C15H15. The third kappa shape index (κ3) is 2.10. The second-order valence-electron chi connectivity index (χ2n) is 4.02. The Hall–Kier alpha value is -1.56. The van der Waals surface area contributed by atoms with Gasteiger partial charge in [0.2, 0.25) is 0 Å². The molecule has 0 amide bonds. The highest BCUT2D eigenvalue weighted by molar-refractivity contribution is 5.67. The molecule has 0 aliphatic carbocycles. The Morgan fingerprint density at radius 1 is 0.933 bits per heavy atom. The van der Waals surface area contributed by atoms with Crippen molar-refractivity contribution in [3.8, 4) is 11.1 Å². The monoisotopic (exact) mass is 195 g/mol. The molecule has 0 heteroatoms. The van der Waals surface area contributed by atoms with Crippen molar-refractivity contribution < 1.29 is 0 Å². The molecular weight excluding hydrogens is 180 g/mol. The minimum atomic E-state index is 0.551. The molecule has 0 aromatic heterocycles. The Labute approximate surface area is 91.6 Å². The van der Waals surface area contributed by atoms with E-state index in [2.05, 4.69) is 56.3 Å². The smallest absolute Gasteiger partial charge is 0.00991 e. The van der Waals surface area contributed by atoms with Crippen molar-refractivity contribution in [2.45, 2.75) is 19.8 Å². The molecule has 2 aromatic rings. The fraction of sp³-hybridized carbons (Fsp3) is 0.200. The third-order valence-corrected chi connectivity index (χ3v) is 2.58. The molecule has 0 heterocycles. The first kappa shape index (κ1) is 9.97. The first-order valence-corrected chi connectivity index (χ1v) is 5.35. The minimum Gasteiger partial charge on any atom is -0.0619 e.